The molecule has 0 radical (unpaired) electrons. The molecule has 0 spiro atoms. The van der Waals surface area contributed by atoms with Gasteiger partial charge in [0.2, 0.25) is 5.91 Å². The lowest BCUT2D eigenvalue weighted by molar-refractivity contribution is -0.150. The molecule has 1 aliphatic rings. The molecule has 1 fully saturated rings. The molecular weight excluding hydrogens is 298 g/mol. The van der Waals surface area contributed by atoms with Gasteiger partial charge >= 0.3 is 5.97 Å². The van der Waals surface area contributed by atoms with Crippen LogP contribution in [0.4, 0.5) is 0 Å². The maximum atomic E-state index is 12.6. The summed E-state index contributed by atoms with van der Waals surface area (Å²) < 4.78 is 0. The van der Waals surface area contributed by atoms with Gasteiger partial charge in [-0.2, -0.15) is 0 Å². The van der Waals surface area contributed by atoms with E-state index in [1.807, 2.05) is 51.1 Å². The first kappa shape index (κ1) is 16.9. The van der Waals surface area contributed by atoms with E-state index in [2.05, 4.69) is 0 Å². The van der Waals surface area contributed by atoms with Crippen LogP contribution in [-0.2, 0) is 16.0 Å². The third kappa shape index (κ3) is 3.83. The monoisotopic (exact) mass is 321 g/mol. The molecule has 2 unspecified atom stereocenters. The standard InChI is InChI=1S/C17H23NO3S/c1-17(2,3)16-18(13(11-22-16)15(20)21)14(19)10-9-12-7-5-4-6-8-12/h4-8,13,16H,9-11H2,1-3H3,(H,20,21). The number of aliphatic carboxylic acids is 1. The minimum Gasteiger partial charge on any atom is -0.480 e. The van der Waals surface area contributed by atoms with Crippen molar-refractivity contribution in [2.24, 2.45) is 5.41 Å². The Hall–Kier alpha value is -1.49. The van der Waals surface area contributed by atoms with Gasteiger partial charge in [-0.15, -0.1) is 11.8 Å². The van der Waals surface area contributed by atoms with Gasteiger partial charge in [-0.3, -0.25) is 4.79 Å². The summed E-state index contributed by atoms with van der Waals surface area (Å²) in [6.07, 6.45) is 0.991. The average molecular weight is 321 g/mol. The van der Waals surface area contributed by atoms with E-state index < -0.39 is 12.0 Å². The fourth-order valence-electron chi connectivity index (χ4n) is 2.69. The van der Waals surface area contributed by atoms with Crippen LogP contribution in [0.3, 0.4) is 0 Å². The molecule has 2 rings (SSSR count). The molecule has 120 valence electrons. The molecule has 1 amide bonds. The minimum atomic E-state index is -0.910. The van der Waals surface area contributed by atoms with Crippen molar-refractivity contribution in [1.29, 1.82) is 0 Å². The number of nitrogens with zero attached hydrogens (tertiary/aromatic N) is 1. The second-order valence-corrected chi connectivity index (χ2v) is 7.81. The van der Waals surface area contributed by atoms with Crippen molar-refractivity contribution in [3.8, 4) is 0 Å². The Balaban J connectivity index is 2.10. The first-order valence-corrected chi connectivity index (χ1v) is 8.55. The lowest BCUT2D eigenvalue weighted by atomic mass is 9.94. The number of benzene rings is 1. The first-order valence-electron chi connectivity index (χ1n) is 7.50. The van der Waals surface area contributed by atoms with E-state index in [-0.39, 0.29) is 16.7 Å². The summed E-state index contributed by atoms with van der Waals surface area (Å²) in [6, 6.07) is 9.10. The van der Waals surface area contributed by atoms with Gasteiger partial charge in [0.25, 0.3) is 0 Å². The fourth-order valence-corrected chi connectivity index (χ4v) is 4.29. The van der Waals surface area contributed by atoms with Crippen molar-refractivity contribution in [1.82, 2.24) is 4.90 Å². The molecule has 1 aliphatic heterocycles. The van der Waals surface area contributed by atoms with Crippen LogP contribution in [0.5, 0.6) is 0 Å². The highest BCUT2D eigenvalue weighted by molar-refractivity contribution is 8.00. The van der Waals surface area contributed by atoms with Crippen LogP contribution in [0.2, 0.25) is 0 Å². The van der Waals surface area contributed by atoms with Gasteiger partial charge in [-0.1, -0.05) is 51.1 Å². The molecule has 22 heavy (non-hydrogen) atoms. The van der Waals surface area contributed by atoms with Crippen LogP contribution in [-0.4, -0.2) is 39.1 Å². The van der Waals surface area contributed by atoms with Gasteiger partial charge < -0.3 is 10.0 Å². The maximum Gasteiger partial charge on any atom is 0.327 e. The topological polar surface area (TPSA) is 57.6 Å². The van der Waals surface area contributed by atoms with Gasteiger partial charge in [-0.25, -0.2) is 4.79 Å². The molecule has 4 nitrogen and oxygen atoms in total. The highest BCUT2D eigenvalue weighted by Gasteiger charge is 2.46. The van der Waals surface area contributed by atoms with Gasteiger partial charge in [0, 0.05) is 12.2 Å². The lowest BCUT2D eigenvalue weighted by Gasteiger charge is -2.35. The molecule has 1 aromatic rings. The number of hydrogen-bond donors (Lipinski definition) is 1. The summed E-state index contributed by atoms with van der Waals surface area (Å²) in [7, 11) is 0. The van der Waals surface area contributed by atoms with Crippen LogP contribution in [0.1, 0.15) is 32.8 Å². The zero-order valence-corrected chi connectivity index (χ0v) is 14.1. The predicted octanol–water partition coefficient (Wildman–Crippen LogP) is 3.02. The second-order valence-electron chi connectivity index (χ2n) is 6.69. The number of carbonyl (C=O) groups excluding carboxylic acids is 1. The zero-order valence-electron chi connectivity index (χ0n) is 13.3. The maximum absolute atomic E-state index is 12.6. The number of hydrogen-bond acceptors (Lipinski definition) is 3. The number of carboxylic acids is 1. The molecule has 1 heterocycles. The van der Waals surface area contributed by atoms with E-state index in [9.17, 15) is 14.7 Å². The Labute approximate surface area is 135 Å². The quantitative estimate of drug-likeness (QED) is 0.926. The first-order chi connectivity index (χ1) is 10.3. The summed E-state index contributed by atoms with van der Waals surface area (Å²) in [5.41, 5.74) is 0.957. The van der Waals surface area contributed by atoms with E-state index in [4.69, 9.17) is 0 Å². The predicted molar refractivity (Wildman–Crippen MR) is 88.7 cm³/mol. The summed E-state index contributed by atoms with van der Waals surface area (Å²) in [4.78, 5) is 25.7. The minimum absolute atomic E-state index is 0.0684. The van der Waals surface area contributed by atoms with Crippen LogP contribution >= 0.6 is 11.8 Å². The van der Waals surface area contributed by atoms with Crippen molar-refractivity contribution in [2.45, 2.75) is 45.0 Å². The molecule has 0 bridgehead atoms. The van der Waals surface area contributed by atoms with Crippen LogP contribution in [0, 0.1) is 5.41 Å². The van der Waals surface area contributed by atoms with Crippen molar-refractivity contribution in [2.75, 3.05) is 5.75 Å². The van der Waals surface area contributed by atoms with Gasteiger partial charge in [0.1, 0.15) is 6.04 Å². The number of amides is 1. The molecule has 5 heteroatoms. The molecule has 0 aromatic heterocycles. The Kier molecular flexibility index (Phi) is 5.16. The fraction of sp³-hybridized carbons (Fsp3) is 0.529. The van der Waals surface area contributed by atoms with Gasteiger partial charge in [0.15, 0.2) is 0 Å². The largest absolute Gasteiger partial charge is 0.480 e. The molecule has 1 saturated heterocycles. The van der Waals surface area contributed by atoms with E-state index in [1.165, 1.54) is 0 Å². The van der Waals surface area contributed by atoms with Gasteiger partial charge in [-0.05, 0) is 17.4 Å². The Morgan fingerprint density at radius 1 is 1.27 bits per heavy atom. The lowest BCUT2D eigenvalue weighted by Crippen LogP contribution is -2.49. The van der Waals surface area contributed by atoms with Crippen LogP contribution < -0.4 is 0 Å². The molecular formula is C17H23NO3S. The van der Waals surface area contributed by atoms with Crippen molar-refractivity contribution in [3.63, 3.8) is 0 Å². The molecule has 0 aliphatic carbocycles. The Morgan fingerprint density at radius 2 is 1.91 bits per heavy atom. The number of carbonyl (C=O) groups is 2. The van der Waals surface area contributed by atoms with Crippen LogP contribution in [0.15, 0.2) is 30.3 Å². The number of thioether (sulfide) groups is 1. The van der Waals surface area contributed by atoms with Gasteiger partial charge in [0.05, 0.1) is 5.37 Å². The van der Waals surface area contributed by atoms with E-state index in [0.717, 1.165) is 5.56 Å². The summed E-state index contributed by atoms with van der Waals surface area (Å²) in [5.74, 6) is -0.512. The van der Waals surface area contributed by atoms with Crippen molar-refractivity contribution >= 4 is 23.6 Å². The number of carboxylic acid groups (broad SMARTS) is 1. The third-order valence-electron chi connectivity index (χ3n) is 3.78. The van der Waals surface area contributed by atoms with E-state index in [1.54, 1.807) is 16.7 Å². The normalized spacial score (nSPS) is 21.9. The summed E-state index contributed by atoms with van der Waals surface area (Å²) >= 11 is 1.57. The molecule has 1 aromatic carbocycles. The van der Waals surface area contributed by atoms with Crippen molar-refractivity contribution in [3.05, 3.63) is 35.9 Å². The molecule has 0 saturated carbocycles. The Bertz CT molecular complexity index is 539. The van der Waals surface area contributed by atoms with E-state index >= 15 is 0 Å². The summed E-state index contributed by atoms with van der Waals surface area (Å²) in [5, 5.41) is 9.31. The SMILES string of the molecule is CC(C)(C)C1SCC(C(=O)O)N1C(=O)CCc1ccccc1. The molecule has 2 atom stereocenters. The zero-order chi connectivity index (χ0) is 16.3. The highest BCUT2D eigenvalue weighted by Crippen LogP contribution is 2.40. The average Bonchev–Trinajstić information content (AvgIpc) is 2.91. The number of aryl methyl sites for hydroxylation is 1. The Morgan fingerprint density at radius 3 is 2.45 bits per heavy atom. The third-order valence-corrected chi connectivity index (χ3v) is 5.54. The highest BCUT2D eigenvalue weighted by atomic mass is 32.2. The second kappa shape index (κ2) is 6.73. The van der Waals surface area contributed by atoms with Crippen molar-refractivity contribution < 1.29 is 14.7 Å². The smallest absolute Gasteiger partial charge is 0.327 e. The number of rotatable bonds is 4. The van der Waals surface area contributed by atoms with E-state index in [0.29, 0.717) is 18.6 Å². The van der Waals surface area contributed by atoms with Crippen LogP contribution in [0.25, 0.3) is 0 Å². The molecule has 1 N–H and O–H groups in total. The summed E-state index contributed by atoms with van der Waals surface area (Å²) in [6.45, 7) is 6.14.